The second kappa shape index (κ2) is 4.36. The van der Waals surface area contributed by atoms with Crippen LogP contribution in [0, 0.1) is 11.6 Å². The second-order valence-corrected chi connectivity index (χ2v) is 3.31. The zero-order chi connectivity index (χ0) is 11.5. The Hall–Kier alpha value is -1.82. The van der Waals surface area contributed by atoms with E-state index in [1.807, 2.05) is 0 Å². The molecule has 0 unspecified atom stereocenters. The molecule has 2 aromatic rings. The van der Waals surface area contributed by atoms with Gasteiger partial charge in [0, 0.05) is 18.2 Å². The third-order valence-electron chi connectivity index (χ3n) is 2.06. The third kappa shape index (κ3) is 2.22. The van der Waals surface area contributed by atoms with E-state index in [0.717, 1.165) is 6.07 Å². The van der Waals surface area contributed by atoms with Crippen molar-refractivity contribution in [2.24, 2.45) is 5.73 Å². The fraction of sp³-hybridized carbons (Fsp3) is 0.200. The predicted molar refractivity (Wildman–Crippen MR) is 54.4 cm³/mol. The highest BCUT2D eigenvalue weighted by Crippen LogP contribution is 2.18. The maximum absolute atomic E-state index is 13.0. The Morgan fingerprint density at radius 2 is 1.88 bits per heavy atom. The van der Waals surface area contributed by atoms with Gasteiger partial charge < -0.3 is 5.73 Å². The third-order valence-corrected chi connectivity index (χ3v) is 2.06. The van der Waals surface area contributed by atoms with Gasteiger partial charge in [0.2, 0.25) is 0 Å². The molecule has 0 atom stereocenters. The predicted octanol–water partition coefficient (Wildman–Crippen LogP) is 1.18. The number of benzene rings is 1. The molecule has 16 heavy (non-hydrogen) atoms. The molecule has 2 N–H and O–H groups in total. The van der Waals surface area contributed by atoms with Crippen LogP contribution in [0.3, 0.4) is 0 Å². The van der Waals surface area contributed by atoms with E-state index in [2.05, 4.69) is 10.3 Å². The molecule has 0 bridgehead atoms. The minimum Gasteiger partial charge on any atom is -0.329 e. The second-order valence-electron chi connectivity index (χ2n) is 3.31. The lowest BCUT2D eigenvalue weighted by Gasteiger charge is -1.97. The molecular weight excluding hydrogens is 214 g/mol. The summed E-state index contributed by atoms with van der Waals surface area (Å²) >= 11 is 0. The van der Waals surface area contributed by atoms with Gasteiger partial charge in [0.05, 0.1) is 12.7 Å². The topological polar surface area (TPSA) is 56.7 Å². The van der Waals surface area contributed by atoms with Crippen LogP contribution in [-0.2, 0) is 6.54 Å². The number of rotatable bonds is 3. The van der Waals surface area contributed by atoms with Gasteiger partial charge in [0.25, 0.3) is 0 Å². The largest absolute Gasteiger partial charge is 0.329 e. The van der Waals surface area contributed by atoms with Crippen molar-refractivity contribution in [1.82, 2.24) is 15.0 Å². The molecule has 0 spiro atoms. The van der Waals surface area contributed by atoms with Crippen LogP contribution >= 0.6 is 0 Å². The van der Waals surface area contributed by atoms with Crippen LogP contribution in [0.5, 0.6) is 0 Å². The number of halogens is 2. The van der Waals surface area contributed by atoms with Crippen LogP contribution in [0.25, 0.3) is 11.3 Å². The number of hydrogen-bond acceptors (Lipinski definition) is 3. The normalized spacial score (nSPS) is 10.7. The summed E-state index contributed by atoms with van der Waals surface area (Å²) in [6.45, 7) is 0.950. The Morgan fingerprint density at radius 1 is 1.19 bits per heavy atom. The van der Waals surface area contributed by atoms with Gasteiger partial charge in [-0.1, -0.05) is 5.21 Å². The monoisotopic (exact) mass is 224 g/mol. The molecule has 0 fully saturated rings. The van der Waals surface area contributed by atoms with Gasteiger partial charge >= 0.3 is 0 Å². The highest BCUT2D eigenvalue weighted by Gasteiger charge is 2.06. The fourth-order valence-corrected chi connectivity index (χ4v) is 1.37. The molecular formula is C10H10F2N4. The van der Waals surface area contributed by atoms with Crippen LogP contribution in [0.4, 0.5) is 8.78 Å². The van der Waals surface area contributed by atoms with E-state index in [9.17, 15) is 8.78 Å². The summed E-state index contributed by atoms with van der Waals surface area (Å²) < 4.78 is 27.4. The Bertz CT molecular complexity index is 475. The van der Waals surface area contributed by atoms with Gasteiger partial charge in [0.1, 0.15) is 17.3 Å². The average molecular weight is 224 g/mol. The lowest BCUT2D eigenvalue weighted by atomic mass is 10.1. The zero-order valence-corrected chi connectivity index (χ0v) is 8.40. The fourth-order valence-electron chi connectivity index (χ4n) is 1.37. The van der Waals surface area contributed by atoms with Crippen LogP contribution in [-0.4, -0.2) is 21.5 Å². The molecule has 0 saturated carbocycles. The van der Waals surface area contributed by atoms with Gasteiger partial charge in [0.15, 0.2) is 0 Å². The van der Waals surface area contributed by atoms with Crippen molar-refractivity contribution in [3.8, 4) is 11.3 Å². The summed E-state index contributed by atoms with van der Waals surface area (Å²) in [6, 6.07) is 3.23. The SMILES string of the molecule is NCCn1cc(-c2cc(F)cc(F)c2)nn1. The molecule has 2 rings (SSSR count). The van der Waals surface area contributed by atoms with Gasteiger partial charge in [-0.05, 0) is 12.1 Å². The summed E-state index contributed by atoms with van der Waals surface area (Å²) in [4.78, 5) is 0. The van der Waals surface area contributed by atoms with Crippen molar-refractivity contribution in [2.45, 2.75) is 6.54 Å². The minimum absolute atomic E-state index is 0.362. The molecule has 0 saturated heterocycles. The highest BCUT2D eigenvalue weighted by atomic mass is 19.1. The smallest absolute Gasteiger partial charge is 0.126 e. The Morgan fingerprint density at radius 3 is 2.50 bits per heavy atom. The number of nitrogens with two attached hydrogens (primary N) is 1. The Kier molecular flexibility index (Phi) is 2.91. The quantitative estimate of drug-likeness (QED) is 0.851. The van der Waals surface area contributed by atoms with Crippen LogP contribution in [0.2, 0.25) is 0 Å². The summed E-state index contributed by atoms with van der Waals surface area (Å²) in [5.41, 5.74) is 6.13. The molecule has 0 aliphatic heterocycles. The van der Waals surface area contributed by atoms with Gasteiger partial charge in [-0.3, -0.25) is 4.68 Å². The van der Waals surface area contributed by atoms with Crippen molar-refractivity contribution in [3.63, 3.8) is 0 Å². The van der Waals surface area contributed by atoms with Crippen molar-refractivity contribution >= 4 is 0 Å². The van der Waals surface area contributed by atoms with Crippen molar-refractivity contribution in [1.29, 1.82) is 0 Å². The first-order valence-electron chi connectivity index (χ1n) is 4.75. The van der Waals surface area contributed by atoms with E-state index < -0.39 is 11.6 Å². The zero-order valence-electron chi connectivity index (χ0n) is 8.40. The molecule has 4 nitrogen and oxygen atoms in total. The lowest BCUT2D eigenvalue weighted by molar-refractivity contribution is 0.584. The first-order chi connectivity index (χ1) is 7.69. The molecule has 0 aliphatic rings. The lowest BCUT2D eigenvalue weighted by Crippen LogP contribution is -2.10. The summed E-state index contributed by atoms with van der Waals surface area (Å²) in [7, 11) is 0. The molecule has 0 aliphatic carbocycles. The first kappa shape index (κ1) is 10.7. The standard InChI is InChI=1S/C10H10F2N4/c11-8-3-7(4-9(12)5-8)10-6-16(2-1-13)15-14-10/h3-6H,1-2,13H2. The maximum Gasteiger partial charge on any atom is 0.126 e. The van der Waals surface area contributed by atoms with Crippen LogP contribution in [0.1, 0.15) is 0 Å². The van der Waals surface area contributed by atoms with Crippen molar-refractivity contribution in [2.75, 3.05) is 6.54 Å². The molecule has 1 heterocycles. The summed E-state index contributed by atoms with van der Waals surface area (Å²) in [5.74, 6) is -1.27. The van der Waals surface area contributed by atoms with E-state index in [1.54, 1.807) is 6.20 Å². The van der Waals surface area contributed by atoms with Crippen molar-refractivity contribution < 1.29 is 8.78 Å². The van der Waals surface area contributed by atoms with Crippen LogP contribution < -0.4 is 5.73 Å². The maximum atomic E-state index is 13.0. The van der Waals surface area contributed by atoms with Gasteiger partial charge in [-0.15, -0.1) is 5.10 Å². The van der Waals surface area contributed by atoms with Crippen molar-refractivity contribution in [3.05, 3.63) is 36.0 Å². The molecule has 84 valence electrons. The molecule has 0 radical (unpaired) electrons. The average Bonchev–Trinajstić information content (AvgIpc) is 2.65. The highest BCUT2D eigenvalue weighted by molar-refractivity contribution is 5.57. The van der Waals surface area contributed by atoms with Crippen LogP contribution in [0.15, 0.2) is 24.4 Å². The summed E-state index contributed by atoms with van der Waals surface area (Å²) in [6.07, 6.45) is 1.60. The van der Waals surface area contributed by atoms with E-state index >= 15 is 0 Å². The Balaban J connectivity index is 2.34. The van der Waals surface area contributed by atoms with Gasteiger partial charge in [-0.25, -0.2) is 8.78 Å². The Labute approximate surface area is 90.7 Å². The molecule has 0 amide bonds. The minimum atomic E-state index is -0.636. The van der Waals surface area contributed by atoms with E-state index in [-0.39, 0.29) is 0 Å². The van der Waals surface area contributed by atoms with E-state index in [1.165, 1.54) is 16.8 Å². The number of hydrogen-bond donors (Lipinski definition) is 1. The molecule has 1 aromatic carbocycles. The molecule has 6 heteroatoms. The van der Waals surface area contributed by atoms with E-state index in [4.69, 9.17) is 5.73 Å². The first-order valence-corrected chi connectivity index (χ1v) is 4.75. The van der Waals surface area contributed by atoms with Gasteiger partial charge in [-0.2, -0.15) is 0 Å². The number of nitrogens with zero attached hydrogens (tertiary/aromatic N) is 3. The molecule has 1 aromatic heterocycles. The number of aromatic nitrogens is 3. The van der Waals surface area contributed by atoms with E-state index in [0.29, 0.717) is 24.3 Å². The summed E-state index contributed by atoms with van der Waals surface area (Å²) in [5, 5.41) is 7.59.